The van der Waals surface area contributed by atoms with Crippen LogP contribution in [0.15, 0.2) is 6.33 Å². The van der Waals surface area contributed by atoms with Gasteiger partial charge in [-0.05, 0) is 27.7 Å². The molecule has 0 aromatic carbocycles. The third kappa shape index (κ3) is 5.82. The maximum atomic E-state index is 11.5. The second-order valence-electron chi connectivity index (χ2n) is 4.26. The van der Waals surface area contributed by atoms with E-state index in [9.17, 15) is 4.79 Å². The van der Waals surface area contributed by atoms with Gasteiger partial charge in [-0.1, -0.05) is 25.4 Å². The normalized spacial score (nSPS) is 10.2. The van der Waals surface area contributed by atoms with E-state index in [-0.39, 0.29) is 0 Å². The van der Waals surface area contributed by atoms with Crippen LogP contribution in [0.3, 0.4) is 0 Å². The molecular weight excluding hydrogens is 254 g/mol. The van der Waals surface area contributed by atoms with Crippen LogP contribution in [-0.4, -0.2) is 21.7 Å². The number of nitrogens with one attached hydrogen (secondary N) is 1. The van der Waals surface area contributed by atoms with Gasteiger partial charge in [0.15, 0.2) is 0 Å². The molecule has 1 rings (SSSR count). The Balaban J connectivity index is 0.00000137. The SMILES string of the molecule is CC.Cc1c(Cl)ncnc1NC(=O)OC(C)(C)C. The van der Waals surface area contributed by atoms with Gasteiger partial charge < -0.3 is 4.74 Å². The Morgan fingerprint density at radius 2 is 1.89 bits per heavy atom. The average molecular weight is 274 g/mol. The van der Waals surface area contributed by atoms with Gasteiger partial charge in [0, 0.05) is 5.56 Å². The Morgan fingerprint density at radius 3 is 2.39 bits per heavy atom. The van der Waals surface area contributed by atoms with Gasteiger partial charge in [-0.3, -0.25) is 5.32 Å². The van der Waals surface area contributed by atoms with Crippen LogP contribution in [0.1, 0.15) is 40.2 Å². The second-order valence-corrected chi connectivity index (χ2v) is 4.62. The van der Waals surface area contributed by atoms with Crippen LogP contribution < -0.4 is 5.32 Å². The van der Waals surface area contributed by atoms with E-state index in [1.54, 1.807) is 27.7 Å². The number of nitrogens with zero attached hydrogens (tertiary/aromatic N) is 2. The Kier molecular flexibility index (Phi) is 6.62. The average Bonchev–Trinajstić information content (AvgIpc) is 2.25. The molecule has 0 radical (unpaired) electrons. The quantitative estimate of drug-likeness (QED) is 0.790. The Labute approximate surface area is 113 Å². The summed E-state index contributed by atoms with van der Waals surface area (Å²) in [5, 5.41) is 2.82. The summed E-state index contributed by atoms with van der Waals surface area (Å²) in [5.74, 6) is 0.356. The van der Waals surface area contributed by atoms with Crippen molar-refractivity contribution in [2.75, 3.05) is 5.32 Å². The van der Waals surface area contributed by atoms with Gasteiger partial charge in [0.1, 0.15) is 22.9 Å². The van der Waals surface area contributed by atoms with E-state index in [4.69, 9.17) is 16.3 Å². The molecule has 0 unspecified atom stereocenters. The molecule has 0 saturated heterocycles. The second kappa shape index (κ2) is 7.16. The summed E-state index contributed by atoms with van der Waals surface area (Å²) in [6.45, 7) is 11.1. The van der Waals surface area contributed by atoms with Crippen molar-refractivity contribution in [1.82, 2.24) is 9.97 Å². The first-order valence-corrected chi connectivity index (χ1v) is 6.14. The number of carbonyl (C=O) groups excluding carboxylic acids is 1. The zero-order valence-corrected chi connectivity index (χ0v) is 12.4. The fourth-order valence-electron chi connectivity index (χ4n) is 0.955. The van der Waals surface area contributed by atoms with Crippen molar-refractivity contribution in [1.29, 1.82) is 0 Å². The van der Waals surface area contributed by atoms with Crippen LogP contribution in [0, 0.1) is 6.92 Å². The molecule has 0 aliphatic carbocycles. The third-order valence-corrected chi connectivity index (χ3v) is 2.02. The number of halogens is 1. The fraction of sp³-hybridized carbons (Fsp3) is 0.583. The minimum absolute atomic E-state index is 0.307. The van der Waals surface area contributed by atoms with Crippen molar-refractivity contribution in [2.24, 2.45) is 0 Å². The standard InChI is InChI=1S/C10H14ClN3O2.C2H6/c1-6-7(11)12-5-13-8(6)14-9(15)16-10(2,3)4;1-2/h5H,1-4H3,(H,12,13,14,15);1-2H3. The lowest BCUT2D eigenvalue weighted by Crippen LogP contribution is -2.27. The molecule has 6 heteroatoms. The molecule has 0 saturated carbocycles. The highest BCUT2D eigenvalue weighted by Crippen LogP contribution is 2.18. The maximum Gasteiger partial charge on any atom is 0.413 e. The molecule has 0 aliphatic heterocycles. The minimum Gasteiger partial charge on any atom is -0.444 e. The summed E-state index contributed by atoms with van der Waals surface area (Å²) >= 11 is 5.79. The van der Waals surface area contributed by atoms with Gasteiger partial charge in [0.25, 0.3) is 0 Å². The van der Waals surface area contributed by atoms with Crippen LogP contribution in [0.25, 0.3) is 0 Å². The lowest BCUT2D eigenvalue weighted by atomic mass is 10.2. The highest BCUT2D eigenvalue weighted by molar-refractivity contribution is 6.30. The first-order chi connectivity index (χ1) is 8.29. The number of aromatic nitrogens is 2. The van der Waals surface area contributed by atoms with Gasteiger partial charge in [0.2, 0.25) is 0 Å². The van der Waals surface area contributed by atoms with Gasteiger partial charge in [0.05, 0.1) is 0 Å². The van der Waals surface area contributed by atoms with E-state index in [0.29, 0.717) is 16.5 Å². The molecule has 1 heterocycles. The molecule has 0 bridgehead atoms. The zero-order chi connectivity index (χ0) is 14.3. The molecular formula is C12H20ClN3O2. The molecule has 0 atom stereocenters. The van der Waals surface area contributed by atoms with E-state index in [1.165, 1.54) is 6.33 Å². The Hall–Kier alpha value is -1.36. The van der Waals surface area contributed by atoms with Crippen molar-refractivity contribution in [3.05, 3.63) is 17.0 Å². The number of amides is 1. The van der Waals surface area contributed by atoms with Crippen molar-refractivity contribution < 1.29 is 9.53 Å². The smallest absolute Gasteiger partial charge is 0.413 e. The van der Waals surface area contributed by atoms with Crippen molar-refractivity contribution in [2.45, 2.75) is 47.1 Å². The van der Waals surface area contributed by atoms with E-state index in [2.05, 4.69) is 15.3 Å². The predicted molar refractivity (Wildman–Crippen MR) is 73.0 cm³/mol. The third-order valence-electron chi connectivity index (χ3n) is 1.64. The summed E-state index contributed by atoms with van der Waals surface area (Å²) in [6.07, 6.45) is 0.715. The van der Waals surface area contributed by atoms with Crippen molar-refractivity contribution in [3.63, 3.8) is 0 Å². The lowest BCUT2D eigenvalue weighted by Gasteiger charge is -2.19. The zero-order valence-electron chi connectivity index (χ0n) is 11.7. The molecule has 1 aromatic rings. The number of ether oxygens (including phenoxy) is 1. The van der Waals surface area contributed by atoms with Gasteiger partial charge >= 0.3 is 6.09 Å². The number of rotatable bonds is 1. The maximum absolute atomic E-state index is 11.5. The topological polar surface area (TPSA) is 64.1 Å². The molecule has 1 N–H and O–H groups in total. The van der Waals surface area contributed by atoms with E-state index in [0.717, 1.165) is 0 Å². The van der Waals surface area contributed by atoms with E-state index in [1.807, 2.05) is 13.8 Å². The monoisotopic (exact) mass is 273 g/mol. The van der Waals surface area contributed by atoms with Gasteiger partial charge in [-0.15, -0.1) is 0 Å². The molecule has 18 heavy (non-hydrogen) atoms. The minimum atomic E-state index is -0.564. The summed E-state index contributed by atoms with van der Waals surface area (Å²) in [4.78, 5) is 19.1. The predicted octanol–water partition coefficient (Wildman–Crippen LogP) is 3.81. The fourth-order valence-corrected chi connectivity index (χ4v) is 1.09. The number of hydrogen-bond donors (Lipinski definition) is 1. The van der Waals surface area contributed by atoms with Crippen LogP contribution in [0.2, 0.25) is 5.15 Å². The lowest BCUT2D eigenvalue weighted by molar-refractivity contribution is 0.0635. The first-order valence-electron chi connectivity index (χ1n) is 5.76. The van der Waals surface area contributed by atoms with Crippen LogP contribution in [0.4, 0.5) is 10.6 Å². The summed E-state index contributed by atoms with van der Waals surface area (Å²) in [6, 6.07) is 0. The largest absolute Gasteiger partial charge is 0.444 e. The summed E-state index contributed by atoms with van der Waals surface area (Å²) in [5.41, 5.74) is 0.0597. The number of anilines is 1. The number of carbonyl (C=O) groups is 1. The van der Waals surface area contributed by atoms with E-state index < -0.39 is 11.7 Å². The highest BCUT2D eigenvalue weighted by Gasteiger charge is 2.17. The van der Waals surface area contributed by atoms with Crippen molar-refractivity contribution >= 4 is 23.5 Å². The summed E-state index contributed by atoms with van der Waals surface area (Å²) < 4.78 is 5.08. The Bertz CT molecular complexity index is 403. The molecule has 0 aliphatic rings. The van der Waals surface area contributed by atoms with Crippen LogP contribution in [-0.2, 0) is 4.74 Å². The van der Waals surface area contributed by atoms with Crippen LogP contribution >= 0.6 is 11.6 Å². The molecule has 0 spiro atoms. The van der Waals surface area contributed by atoms with E-state index >= 15 is 0 Å². The molecule has 0 fully saturated rings. The Morgan fingerprint density at radius 1 is 1.33 bits per heavy atom. The molecule has 1 aromatic heterocycles. The number of hydrogen-bond acceptors (Lipinski definition) is 4. The highest BCUT2D eigenvalue weighted by atomic mass is 35.5. The van der Waals surface area contributed by atoms with Gasteiger partial charge in [-0.2, -0.15) is 0 Å². The molecule has 102 valence electrons. The van der Waals surface area contributed by atoms with Crippen LogP contribution in [0.5, 0.6) is 0 Å². The molecule has 5 nitrogen and oxygen atoms in total. The summed E-state index contributed by atoms with van der Waals surface area (Å²) in [7, 11) is 0. The molecule has 1 amide bonds. The first kappa shape index (κ1) is 16.6. The van der Waals surface area contributed by atoms with Gasteiger partial charge in [-0.25, -0.2) is 14.8 Å². The van der Waals surface area contributed by atoms with Crippen molar-refractivity contribution in [3.8, 4) is 0 Å².